The van der Waals surface area contributed by atoms with Gasteiger partial charge in [0.05, 0.1) is 19.6 Å². The van der Waals surface area contributed by atoms with Crippen molar-refractivity contribution in [2.24, 2.45) is 13.0 Å². The van der Waals surface area contributed by atoms with Crippen molar-refractivity contribution in [3.05, 3.63) is 101 Å². The first-order valence-corrected chi connectivity index (χ1v) is 13.9. The van der Waals surface area contributed by atoms with Gasteiger partial charge in [0, 0.05) is 34.8 Å². The number of carbonyl (C=O) groups excluding carboxylic acids is 3. The van der Waals surface area contributed by atoms with Crippen LogP contribution >= 0.6 is 0 Å². The van der Waals surface area contributed by atoms with Gasteiger partial charge in [0.25, 0.3) is 11.8 Å². The van der Waals surface area contributed by atoms with Crippen LogP contribution in [0.3, 0.4) is 0 Å². The minimum Gasteiger partial charge on any atom is -0.497 e. The molecule has 0 spiro atoms. The first-order chi connectivity index (χ1) is 19.8. The van der Waals surface area contributed by atoms with Crippen molar-refractivity contribution in [3.63, 3.8) is 0 Å². The van der Waals surface area contributed by atoms with E-state index in [2.05, 4.69) is 34.5 Å². The summed E-state index contributed by atoms with van der Waals surface area (Å²) in [6.45, 7) is 6.02. The molecule has 212 valence electrons. The molecule has 0 bridgehead atoms. The smallest absolute Gasteiger partial charge is 0.261 e. The third-order valence-corrected chi connectivity index (χ3v) is 8.32. The van der Waals surface area contributed by atoms with E-state index in [1.54, 1.807) is 36.3 Å². The molecule has 2 heterocycles. The number of hydrogen-bond donors (Lipinski definition) is 2. The van der Waals surface area contributed by atoms with Crippen LogP contribution in [-0.2, 0) is 23.1 Å². The number of aryl methyl sites for hydroxylation is 1. The summed E-state index contributed by atoms with van der Waals surface area (Å²) in [5.41, 5.74) is 10.5. The van der Waals surface area contributed by atoms with Crippen LogP contribution in [0, 0.1) is 12.8 Å². The molecule has 4 aromatic rings. The average Bonchev–Trinajstić information content (AvgIpc) is 3.41. The van der Waals surface area contributed by atoms with Crippen molar-refractivity contribution in [2.75, 3.05) is 7.11 Å². The van der Waals surface area contributed by atoms with Gasteiger partial charge in [-0.15, -0.1) is 0 Å². The molecule has 0 saturated heterocycles. The third kappa shape index (κ3) is 5.06. The van der Waals surface area contributed by atoms with Crippen molar-refractivity contribution < 1.29 is 19.1 Å². The van der Waals surface area contributed by atoms with E-state index in [1.165, 1.54) is 0 Å². The normalized spacial score (nSPS) is 15.9. The largest absolute Gasteiger partial charge is 0.497 e. The molecule has 1 aliphatic rings. The molecular weight excluding hydrogens is 516 g/mol. The summed E-state index contributed by atoms with van der Waals surface area (Å²) < 4.78 is 7.31. The number of rotatable bonds is 8. The van der Waals surface area contributed by atoms with Gasteiger partial charge in [-0.05, 0) is 48.2 Å². The minimum atomic E-state index is -0.815. The molecule has 3 amide bonds. The number of ether oxygens (including phenoxy) is 1. The average molecular weight is 553 g/mol. The van der Waals surface area contributed by atoms with Crippen LogP contribution in [0.2, 0.25) is 0 Å². The lowest BCUT2D eigenvalue weighted by atomic mass is 9.91. The maximum Gasteiger partial charge on any atom is 0.261 e. The van der Waals surface area contributed by atoms with Crippen LogP contribution in [0.1, 0.15) is 59.1 Å². The number of hydrazine groups is 1. The van der Waals surface area contributed by atoms with Gasteiger partial charge >= 0.3 is 0 Å². The van der Waals surface area contributed by atoms with Gasteiger partial charge in [0.1, 0.15) is 11.8 Å². The fraction of sp³-hybridized carbons (Fsp3) is 0.303. The maximum atomic E-state index is 14.1. The molecule has 8 nitrogen and oxygen atoms in total. The van der Waals surface area contributed by atoms with Crippen molar-refractivity contribution in [1.82, 2.24) is 20.3 Å². The number of aromatic nitrogens is 1. The van der Waals surface area contributed by atoms with Crippen molar-refractivity contribution >= 4 is 28.6 Å². The Morgan fingerprint density at radius 3 is 2.37 bits per heavy atom. The van der Waals surface area contributed by atoms with Gasteiger partial charge in [-0.3, -0.25) is 25.2 Å². The molecule has 0 aliphatic carbocycles. The number of amides is 3. The number of benzene rings is 3. The van der Waals surface area contributed by atoms with Gasteiger partial charge < -0.3 is 14.2 Å². The van der Waals surface area contributed by atoms with E-state index in [-0.39, 0.29) is 24.2 Å². The van der Waals surface area contributed by atoms with E-state index in [0.717, 1.165) is 33.3 Å². The molecule has 0 fully saturated rings. The molecule has 41 heavy (non-hydrogen) atoms. The lowest BCUT2D eigenvalue weighted by Gasteiger charge is -2.36. The standard InChI is InChI=1S/C33H36N4O4/c1-6-20(2)30(32(39)35-34-28(38)19-22-15-17-23(41-5)18-16-22)37-31(24-11-7-8-12-25(24)33(37)40)29-21(3)36(4)27-14-10-9-13-26(27)29/h7-18,20,30-31H,6,19H2,1-5H3,(H,34,38)(H,35,39). The van der Waals surface area contributed by atoms with Crippen LogP contribution in [0.4, 0.5) is 0 Å². The molecule has 3 unspecified atom stereocenters. The number of hydrogen-bond acceptors (Lipinski definition) is 4. The molecule has 3 aromatic carbocycles. The Labute approximate surface area is 240 Å². The van der Waals surface area contributed by atoms with E-state index in [0.29, 0.717) is 17.7 Å². The second kappa shape index (κ2) is 11.5. The van der Waals surface area contributed by atoms with E-state index in [9.17, 15) is 14.4 Å². The van der Waals surface area contributed by atoms with E-state index in [1.807, 2.05) is 57.3 Å². The highest BCUT2D eigenvalue weighted by Gasteiger charge is 2.47. The number of methoxy groups -OCH3 is 1. The summed E-state index contributed by atoms with van der Waals surface area (Å²) in [6, 6.07) is 21.6. The zero-order valence-corrected chi connectivity index (χ0v) is 24.1. The van der Waals surface area contributed by atoms with Crippen LogP contribution in [0.25, 0.3) is 10.9 Å². The molecule has 1 aromatic heterocycles. The topological polar surface area (TPSA) is 92.7 Å². The summed E-state index contributed by atoms with van der Waals surface area (Å²) in [5, 5.41) is 1.04. The van der Waals surface area contributed by atoms with Crippen molar-refractivity contribution in [2.45, 2.75) is 45.7 Å². The number of carbonyl (C=O) groups is 3. The van der Waals surface area contributed by atoms with Gasteiger partial charge in [0.2, 0.25) is 5.91 Å². The van der Waals surface area contributed by atoms with E-state index in [4.69, 9.17) is 4.74 Å². The Morgan fingerprint density at radius 2 is 1.66 bits per heavy atom. The molecule has 0 saturated carbocycles. The Hall–Kier alpha value is -4.59. The van der Waals surface area contributed by atoms with Crippen molar-refractivity contribution in [1.29, 1.82) is 0 Å². The SMILES string of the molecule is CCC(C)C(C(=O)NNC(=O)Cc1ccc(OC)cc1)N1C(=O)c2ccccc2C1c1c(C)n(C)c2ccccc12. The maximum absolute atomic E-state index is 14.1. The number of nitrogens with zero attached hydrogens (tertiary/aromatic N) is 2. The molecule has 0 radical (unpaired) electrons. The predicted octanol–water partition coefficient (Wildman–Crippen LogP) is 4.85. The van der Waals surface area contributed by atoms with E-state index >= 15 is 0 Å². The number of fused-ring (bicyclic) bond motifs is 2. The molecule has 1 aliphatic heterocycles. The third-order valence-electron chi connectivity index (χ3n) is 8.32. The second-order valence-electron chi connectivity index (χ2n) is 10.7. The lowest BCUT2D eigenvalue weighted by Crippen LogP contribution is -2.56. The second-order valence-corrected chi connectivity index (χ2v) is 10.7. The first-order valence-electron chi connectivity index (χ1n) is 13.9. The highest BCUT2D eigenvalue weighted by molar-refractivity contribution is 6.03. The van der Waals surface area contributed by atoms with Gasteiger partial charge in [-0.1, -0.05) is 68.8 Å². The monoisotopic (exact) mass is 552 g/mol. The van der Waals surface area contributed by atoms with Crippen LogP contribution in [-0.4, -0.2) is 40.3 Å². The Morgan fingerprint density at radius 1 is 0.976 bits per heavy atom. The molecule has 5 rings (SSSR count). The highest BCUT2D eigenvalue weighted by Crippen LogP contribution is 2.45. The van der Waals surface area contributed by atoms with Crippen LogP contribution in [0.5, 0.6) is 5.75 Å². The Kier molecular flexibility index (Phi) is 7.83. The van der Waals surface area contributed by atoms with Crippen molar-refractivity contribution in [3.8, 4) is 5.75 Å². The van der Waals surface area contributed by atoms with Crippen LogP contribution in [0.15, 0.2) is 72.8 Å². The predicted molar refractivity (Wildman–Crippen MR) is 158 cm³/mol. The fourth-order valence-electron chi connectivity index (χ4n) is 5.87. The van der Waals surface area contributed by atoms with E-state index < -0.39 is 18.0 Å². The molecular formula is C33H36N4O4. The van der Waals surface area contributed by atoms with Crippen LogP contribution < -0.4 is 15.6 Å². The summed E-state index contributed by atoms with van der Waals surface area (Å²) >= 11 is 0. The molecule has 8 heteroatoms. The Bertz CT molecular complexity index is 1610. The zero-order chi connectivity index (χ0) is 29.3. The Balaban J connectivity index is 1.48. The fourth-order valence-corrected chi connectivity index (χ4v) is 5.87. The summed E-state index contributed by atoms with van der Waals surface area (Å²) in [5.74, 6) is -0.450. The summed E-state index contributed by atoms with van der Waals surface area (Å²) in [4.78, 5) is 42.4. The zero-order valence-electron chi connectivity index (χ0n) is 24.1. The molecule has 2 N–H and O–H groups in total. The highest BCUT2D eigenvalue weighted by atomic mass is 16.5. The quantitative estimate of drug-likeness (QED) is 0.306. The summed E-state index contributed by atoms with van der Waals surface area (Å²) in [6.07, 6.45) is 0.753. The lowest BCUT2D eigenvalue weighted by molar-refractivity contribution is -0.133. The number of nitrogens with one attached hydrogen (secondary N) is 2. The van der Waals surface area contributed by atoms with Gasteiger partial charge in [-0.25, -0.2) is 0 Å². The minimum absolute atomic E-state index is 0.0875. The number of para-hydroxylation sites is 1. The van der Waals surface area contributed by atoms with Gasteiger partial charge in [0.15, 0.2) is 0 Å². The summed E-state index contributed by atoms with van der Waals surface area (Å²) in [7, 11) is 3.60. The molecule has 3 atom stereocenters. The first kappa shape index (κ1) is 28.0. The van der Waals surface area contributed by atoms with Gasteiger partial charge in [-0.2, -0.15) is 0 Å².